The number of imidazole rings is 1. The average molecular weight is 596 g/mol. The van der Waals surface area contributed by atoms with Crippen molar-refractivity contribution in [3.8, 4) is 17.1 Å². The molecule has 1 aromatic heterocycles. The molecule has 0 aliphatic carbocycles. The number of aromatic amines is 1. The number of carbonyl (C=O) groups is 1. The summed E-state index contributed by atoms with van der Waals surface area (Å²) < 4.78 is 6.04. The van der Waals surface area contributed by atoms with Gasteiger partial charge in [-0.2, -0.15) is 0 Å². The summed E-state index contributed by atoms with van der Waals surface area (Å²) in [5.74, 6) is 1.72. The molecule has 3 aromatic carbocycles. The lowest BCUT2D eigenvalue weighted by Crippen LogP contribution is -2.53. The number of ether oxygens (including phenoxy) is 1. The highest BCUT2D eigenvalue weighted by molar-refractivity contribution is 5.91. The van der Waals surface area contributed by atoms with Gasteiger partial charge in [0.1, 0.15) is 23.7 Å². The van der Waals surface area contributed by atoms with E-state index in [1.54, 1.807) is 0 Å². The van der Waals surface area contributed by atoms with Crippen LogP contribution in [0, 0.1) is 0 Å². The minimum absolute atomic E-state index is 0.0540. The van der Waals surface area contributed by atoms with Crippen LogP contribution in [0.5, 0.6) is 5.75 Å². The van der Waals surface area contributed by atoms with Gasteiger partial charge in [0.2, 0.25) is 0 Å². The van der Waals surface area contributed by atoms with Crippen molar-refractivity contribution in [1.29, 1.82) is 0 Å². The maximum Gasteiger partial charge on any atom is 0.322 e. The zero-order valence-corrected chi connectivity index (χ0v) is 26.4. The Hall–Kier alpha value is -4.08. The quantitative estimate of drug-likeness (QED) is 0.260. The number of para-hydroxylation sites is 1. The third-order valence-electron chi connectivity index (χ3n) is 8.77. The number of piperazine rings is 2. The van der Waals surface area contributed by atoms with Gasteiger partial charge in [0.15, 0.2) is 0 Å². The van der Waals surface area contributed by atoms with Crippen LogP contribution >= 0.6 is 0 Å². The van der Waals surface area contributed by atoms with Crippen LogP contribution in [-0.2, 0) is 5.41 Å². The zero-order chi connectivity index (χ0) is 30.7. The maximum atomic E-state index is 12.6. The molecule has 3 heterocycles. The van der Waals surface area contributed by atoms with E-state index in [-0.39, 0.29) is 17.5 Å². The summed E-state index contributed by atoms with van der Waals surface area (Å²) in [6.45, 7) is 16.5. The Kier molecular flexibility index (Phi) is 8.77. The van der Waals surface area contributed by atoms with Crippen LogP contribution in [0.3, 0.4) is 0 Å². The molecule has 2 fully saturated rings. The first-order chi connectivity index (χ1) is 21.2. The third kappa shape index (κ3) is 6.84. The predicted molar refractivity (Wildman–Crippen MR) is 179 cm³/mol. The standard InChI is InChI=1S/C35H45N7O2/c1-25-24-36-16-17-42(25)34(43)37-28-12-14-29(15-13-28)44-23-22-40-18-20-41(21-19-40)31-7-5-6-30-32(31)39-33(38-30)26-8-10-27(11-9-26)35(2,3)4/h5-15,25,36H,16-24H2,1-4H3,(H,37,43)(H,38,39). The number of nitrogens with zero attached hydrogens (tertiary/aromatic N) is 4. The molecule has 9 nitrogen and oxygen atoms in total. The van der Waals surface area contributed by atoms with Gasteiger partial charge in [-0.25, -0.2) is 9.78 Å². The lowest BCUT2D eigenvalue weighted by Gasteiger charge is -2.36. The van der Waals surface area contributed by atoms with E-state index >= 15 is 0 Å². The molecule has 0 bridgehead atoms. The lowest BCUT2D eigenvalue weighted by atomic mass is 9.87. The second-order valence-corrected chi connectivity index (χ2v) is 13.0. The molecule has 232 valence electrons. The maximum absolute atomic E-state index is 12.6. The monoisotopic (exact) mass is 595 g/mol. The number of urea groups is 1. The summed E-state index contributed by atoms with van der Waals surface area (Å²) in [5.41, 5.74) is 6.62. The van der Waals surface area contributed by atoms with Gasteiger partial charge >= 0.3 is 6.03 Å². The van der Waals surface area contributed by atoms with E-state index < -0.39 is 0 Å². The van der Waals surface area contributed by atoms with Crippen LogP contribution in [0.4, 0.5) is 16.2 Å². The molecule has 2 aliphatic rings. The number of aromatic nitrogens is 2. The van der Waals surface area contributed by atoms with Crippen molar-refractivity contribution in [2.45, 2.75) is 39.2 Å². The minimum atomic E-state index is -0.0540. The molecule has 3 N–H and O–H groups in total. The Morgan fingerprint density at radius 3 is 2.43 bits per heavy atom. The Morgan fingerprint density at radius 2 is 1.73 bits per heavy atom. The number of hydrogen-bond acceptors (Lipinski definition) is 6. The number of H-pyrrole nitrogens is 1. The Labute approximate surface area is 260 Å². The van der Waals surface area contributed by atoms with Gasteiger partial charge in [0, 0.05) is 69.7 Å². The number of rotatable bonds is 7. The summed E-state index contributed by atoms with van der Waals surface area (Å²) in [5, 5.41) is 6.32. The van der Waals surface area contributed by atoms with E-state index in [0.717, 1.165) is 86.2 Å². The largest absolute Gasteiger partial charge is 0.492 e. The molecule has 2 amide bonds. The fraction of sp³-hybridized carbons (Fsp3) is 0.429. The van der Waals surface area contributed by atoms with Gasteiger partial charge < -0.3 is 30.2 Å². The number of fused-ring (bicyclic) bond motifs is 1. The van der Waals surface area contributed by atoms with Crippen LogP contribution in [-0.4, -0.2) is 90.8 Å². The van der Waals surface area contributed by atoms with Crippen molar-refractivity contribution in [3.63, 3.8) is 0 Å². The Bertz CT molecular complexity index is 1550. The number of benzene rings is 3. The van der Waals surface area contributed by atoms with Gasteiger partial charge in [0.25, 0.3) is 0 Å². The first-order valence-corrected chi connectivity index (χ1v) is 15.8. The van der Waals surface area contributed by atoms with Crippen LogP contribution in [0.25, 0.3) is 22.4 Å². The average Bonchev–Trinajstić information content (AvgIpc) is 3.47. The summed E-state index contributed by atoms with van der Waals surface area (Å²) in [7, 11) is 0. The first kappa shape index (κ1) is 30.0. The number of hydrogen-bond donors (Lipinski definition) is 3. The SMILES string of the molecule is CC1CNCCN1C(=O)Nc1ccc(OCCN2CCN(c3cccc4[nH]c(-c5ccc(C(C)(C)C)cc5)nc34)CC2)cc1. The summed E-state index contributed by atoms with van der Waals surface area (Å²) in [6.07, 6.45) is 0. The molecule has 1 unspecified atom stereocenters. The summed E-state index contributed by atoms with van der Waals surface area (Å²) >= 11 is 0. The molecule has 6 rings (SSSR count). The van der Waals surface area contributed by atoms with Gasteiger partial charge in [-0.15, -0.1) is 0 Å². The minimum Gasteiger partial charge on any atom is -0.492 e. The van der Waals surface area contributed by atoms with E-state index in [4.69, 9.17) is 9.72 Å². The molecule has 0 spiro atoms. The lowest BCUT2D eigenvalue weighted by molar-refractivity contribution is 0.177. The van der Waals surface area contributed by atoms with Crippen molar-refractivity contribution in [2.24, 2.45) is 0 Å². The number of nitrogens with one attached hydrogen (secondary N) is 3. The normalized spacial score (nSPS) is 18.0. The second-order valence-electron chi connectivity index (χ2n) is 13.0. The molecule has 9 heteroatoms. The highest BCUT2D eigenvalue weighted by Crippen LogP contribution is 2.30. The number of amides is 2. The Morgan fingerprint density at radius 1 is 0.977 bits per heavy atom. The number of anilines is 2. The highest BCUT2D eigenvalue weighted by Gasteiger charge is 2.23. The summed E-state index contributed by atoms with van der Waals surface area (Å²) in [6, 6.07) is 22.9. The van der Waals surface area contributed by atoms with Gasteiger partial charge in [0.05, 0.1) is 11.2 Å². The molecule has 0 saturated carbocycles. The molecular formula is C35H45N7O2. The molecule has 44 heavy (non-hydrogen) atoms. The van der Waals surface area contributed by atoms with Gasteiger partial charge in [-0.3, -0.25) is 4.90 Å². The summed E-state index contributed by atoms with van der Waals surface area (Å²) in [4.78, 5) is 28.0. The smallest absolute Gasteiger partial charge is 0.322 e. The second kappa shape index (κ2) is 12.9. The predicted octanol–water partition coefficient (Wildman–Crippen LogP) is 5.55. The highest BCUT2D eigenvalue weighted by atomic mass is 16.5. The fourth-order valence-electron chi connectivity index (χ4n) is 6.01. The Balaban J connectivity index is 0.987. The van der Waals surface area contributed by atoms with Gasteiger partial charge in [-0.05, 0) is 54.3 Å². The third-order valence-corrected chi connectivity index (χ3v) is 8.77. The number of carbonyl (C=O) groups excluding carboxylic acids is 1. The van der Waals surface area contributed by atoms with E-state index in [2.05, 4.69) is 95.6 Å². The van der Waals surface area contributed by atoms with E-state index in [0.29, 0.717) is 6.61 Å². The van der Waals surface area contributed by atoms with Crippen molar-refractivity contribution in [2.75, 3.05) is 69.2 Å². The van der Waals surface area contributed by atoms with E-state index in [1.165, 1.54) is 11.3 Å². The van der Waals surface area contributed by atoms with Crippen molar-refractivity contribution in [1.82, 2.24) is 25.1 Å². The van der Waals surface area contributed by atoms with Crippen LogP contribution in [0.15, 0.2) is 66.7 Å². The van der Waals surface area contributed by atoms with Gasteiger partial charge in [-0.1, -0.05) is 51.1 Å². The molecule has 2 aliphatic heterocycles. The van der Waals surface area contributed by atoms with Crippen molar-refractivity contribution >= 4 is 28.4 Å². The molecule has 1 atom stereocenters. The molecule has 2 saturated heterocycles. The molecule has 4 aromatic rings. The van der Waals surface area contributed by atoms with Crippen LogP contribution < -0.4 is 20.3 Å². The van der Waals surface area contributed by atoms with Crippen molar-refractivity contribution < 1.29 is 9.53 Å². The topological polar surface area (TPSA) is 88.8 Å². The fourth-order valence-corrected chi connectivity index (χ4v) is 6.01. The van der Waals surface area contributed by atoms with Crippen LogP contribution in [0.1, 0.15) is 33.3 Å². The molecule has 0 radical (unpaired) electrons. The molecular weight excluding hydrogens is 550 g/mol. The van der Waals surface area contributed by atoms with E-state index in [1.807, 2.05) is 29.2 Å². The van der Waals surface area contributed by atoms with E-state index in [9.17, 15) is 4.79 Å². The van der Waals surface area contributed by atoms with Crippen LogP contribution in [0.2, 0.25) is 0 Å². The van der Waals surface area contributed by atoms with Crippen molar-refractivity contribution in [3.05, 3.63) is 72.3 Å². The first-order valence-electron chi connectivity index (χ1n) is 15.8. The zero-order valence-electron chi connectivity index (χ0n) is 26.4.